The van der Waals surface area contributed by atoms with Crippen LogP contribution < -0.4 is 0 Å². The van der Waals surface area contributed by atoms with Crippen molar-refractivity contribution in [2.24, 2.45) is 0 Å². The van der Waals surface area contributed by atoms with E-state index in [-0.39, 0.29) is 5.82 Å². The van der Waals surface area contributed by atoms with Crippen LogP contribution in [0.25, 0.3) is 4.85 Å². The number of halogens is 1. The summed E-state index contributed by atoms with van der Waals surface area (Å²) in [5.41, 5.74) is 2.65. The quantitative estimate of drug-likeness (QED) is 0.662. The molecule has 0 aliphatic heterocycles. The van der Waals surface area contributed by atoms with Crippen molar-refractivity contribution < 1.29 is 4.39 Å². The fraction of sp³-hybridized carbons (Fsp3) is 0.0714. The molecular formula is C14H10FN. The third-order valence-corrected chi connectivity index (χ3v) is 2.42. The zero-order valence-electron chi connectivity index (χ0n) is 8.65. The lowest BCUT2D eigenvalue weighted by Crippen LogP contribution is -1.88. The van der Waals surface area contributed by atoms with Gasteiger partial charge in [0.05, 0.1) is 6.57 Å². The Labute approximate surface area is 94.0 Å². The Kier molecular flexibility index (Phi) is 2.98. The SMILES string of the molecule is [C-]#[N+]c1ccccc1Cc1ccc(F)cc1. The predicted molar refractivity (Wildman–Crippen MR) is 61.9 cm³/mol. The monoisotopic (exact) mass is 211 g/mol. The molecule has 0 atom stereocenters. The van der Waals surface area contributed by atoms with Crippen LogP contribution in [0.1, 0.15) is 11.1 Å². The minimum atomic E-state index is -0.234. The Balaban J connectivity index is 2.27. The summed E-state index contributed by atoms with van der Waals surface area (Å²) in [7, 11) is 0. The molecule has 1 nitrogen and oxygen atoms in total. The van der Waals surface area contributed by atoms with Crippen LogP contribution in [0.3, 0.4) is 0 Å². The van der Waals surface area contributed by atoms with Gasteiger partial charge in [0.25, 0.3) is 0 Å². The van der Waals surface area contributed by atoms with Crippen LogP contribution in [0.5, 0.6) is 0 Å². The zero-order chi connectivity index (χ0) is 11.4. The van der Waals surface area contributed by atoms with Crippen molar-refractivity contribution in [3.63, 3.8) is 0 Å². The molecule has 0 radical (unpaired) electrons. The molecule has 0 spiro atoms. The Bertz CT molecular complexity index is 523. The number of hydrogen-bond donors (Lipinski definition) is 0. The van der Waals surface area contributed by atoms with E-state index in [1.807, 2.05) is 18.2 Å². The second-order valence-corrected chi connectivity index (χ2v) is 3.54. The fourth-order valence-corrected chi connectivity index (χ4v) is 1.59. The molecule has 0 fully saturated rings. The van der Waals surface area contributed by atoms with E-state index >= 15 is 0 Å². The maximum Gasteiger partial charge on any atom is 0.190 e. The lowest BCUT2D eigenvalue weighted by atomic mass is 10.0. The van der Waals surface area contributed by atoms with Crippen molar-refractivity contribution in [3.05, 3.63) is 76.9 Å². The molecule has 0 unspecified atom stereocenters. The van der Waals surface area contributed by atoms with E-state index in [1.54, 1.807) is 18.2 Å². The van der Waals surface area contributed by atoms with Crippen molar-refractivity contribution >= 4 is 5.69 Å². The summed E-state index contributed by atoms with van der Waals surface area (Å²) in [4.78, 5) is 3.46. The zero-order valence-corrected chi connectivity index (χ0v) is 8.65. The molecule has 0 N–H and O–H groups in total. The molecule has 0 saturated heterocycles. The van der Waals surface area contributed by atoms with Crippen molar-refractivity contribution in [1.82, 2.24) is 0 Å². The first-order chi connectivity index (χ1) is 7.79. The molecule has 0 aromatic heterocycles. The average Bonchev–Trinajstić information content (AvgIpc) is 2.33. The first-order valence-corrected chi connectivity index (χ1v) is 4.99. The molecule has 2 rings (SSSR count). The van der Waals surface area contributed by atoms with E-state index < -0.39 is 0 Å². The Hall–Kier alpha value is -2.14. The predicted octanol–water partition coefficient (Wildman–Crippen LogP) is 3.97. The number of nitrogens with zero attached hydrogens (tertiary/aromatic N) is 1. The van der Waals surface area contributed by atoms with Gasteiger partial charge in [-0.2, -0.15) is 0 Å². The highest BCUT2D eigenvalue weighted by Gasteiger charge is 2.02. The first kappa shape index (κ1) is 10.4. The van der Waals surface area contributed by atoms with Crippen molar-refractivity contribution in [1.29, 1.82) is 0 Å². The summed E-state index contributed by atoms with van der Waals surface area (Å²) < 4.78 is 12.7. The minimum absolute atomic E-state index is 0.234. The van der Waals surface area contributed by atoms with Crippen LogP contribution in [0, 0.1) is 12.4 Å². The van der Waals surface area contributed by atoms with Crippen LogP contribution in [-0.2, 0) is 6.42 Å². The van der Waals surface area contributed by atoms with Gasteiger partial charge in [0.2, 0.25) is 0 Å². The molecule has 2 heteroatoms. The first-order valence-electron chi connectivity index (χ1n) is 4.99. The average molecular weight is 211 g/mol. The topological polar surface area (TPSA) is 4.36 Å². The summed E-state index contributed by atoms with van der Waals surface area (Å²) in [5, 5.41) is 0. The van der Waals surface area contributed by atoms with Crippen LogP contribution >= 0.6 is 0 Å². The van der Waals surface area contributed by atoms with Gasteiger partial charge in [-0.1, -0.05) is 36.4 Å². The summed E-state index contributed by atoms with van der Waals surface area (Å²) in [6.45, 7) is 7.05. The number of hydrogen-bond acceptors (Lipinski definition) is 0. The molecule has 0 aliphatic carbocycles. The highest BCUT2D eigenvalue weighted by molar-refractivity contribution is 5.53. The van der Waals surface area contributed by atoms with Gasteiger partial charge in [0.1, 0.15) is 5.82 Å². The second-order valence-electron chi connectivity index (χ2n) is 3.54. The van der Waals surface area contributed by atoms with E-state index in [2.05, 4.69) is 4.85 Å². The van der Waals surface area contributed by atoms with Crippen LogP contribution in [-0.4, -0.2) is 0 Å². The van der Waals surface area contributed by atoms with E-state index in [0.717, 1.165) is 11.1 Å². The second kappa shape index (κ2) is 4.59. The number of benzene rings is 2. The van der Waals surface area contributed by atoms with E-state index in [1.165, 1.54) is 12.1 Å². The number of rotatable bonds is 2. The molecule has 78 valence electrons. The van der Waals surface area contributed by atoms with E-state index in [9.17, 15) is 4.39 Å². The maximum atomic E-state index is 12.7. The highest BCUT2D eigenvalue weighted by Crippen LogP contribution is 2.21. The Morgan fingerprint density at radius 2 is 1.69 bits per heavy atom. The highest BCUT2D eigenvalue weighted by atomic mass is 19.1. The molecule has 0 aliphatic rings. The molecule has 0 heterocycles. The van der Waals surface area contributed by atoms with Gasteiger partial charge in [-0.3, -0.25) is 0 Å². The van der Waals surface area contributed by atoms with Gasteiger partial charge in [0.15, 0.2) is 5.69 Å². The lowest BCUT2D eigenvalue weighted by molar-refractivity contribution is 0.627. The summed E-state index contributed by atoms with van der Waals surface area (Å²) in [6.07, 6.45) is 0.666. The third kappa shape index (κ3) is 2.26. The largest absolute Gasteiger partial charge is 0.238 e. The Morgan fingerprint density at radius 3 is 2.38 bits per heavy atom. The summed E-state index contributed by atoms with van der Waals surface area (Å²) in [6, 6.07) is 13.9. The smallest absolute Gasteiger partial charge is 0.190 e. The lowest BCUT2D eigenvalue weighted by Gasteiger charge is -2.03. The third-order valence-electron chi connectivity index (χ3n) is 2.42. The van der Waals surface area contributed by atoms with Gasteiger partial charge in [-0.15, -0.1) is 0 Å². The minimum Gasteiger partial charge on any atom is -0.238 e. The molecule has 0 bridgehead atoms. The van der Waals surface area contributed by atoms with Crippen LogP contribution in [0.2, 0.25) is 0 Å². The van der Waals surface area contributed by atoms with Gasteiger partial charge >= 0.3 is 0 Å². The van der Waals surface area contributed by atoms with Crippen molar-refractivity contribution in [2.45, 2.75) is 6.42 Å². The van der Waals surface area contributed by atoms with Gasteiger partial charge in [0, 0.05) is 0 Å². The van der Waals surface area contributed by atoms with Crippen molar-refractivity contribution in [2.75, 3.05) is 0 Å². The van der Waals surface area contributed by atoms with E-state index in [4.69, 9.17) is 6.57 Å². The van der Waals surface area contributed by atoms with Gasteiger partial charge in [-0.25, -0.2) is 9.24 Å². The van der Waals surface area contributed by atoms with Crippen LogP contribution in [0.15, 0.2) is 48.5 Å². The molecule has 2 aromatic rings. The Morgan fingerprint density at radius 1 is 1.00 bits per heavy atom. The fourth-order valence-electron chi connectivity index (χ4n) is 1.59. The molecular weight excluding hydrogens is 201 g/mol. The molecule has 0 amide bonds. The summed E-state index contributed by atoms with van der Waals surface area (Å²) >= 11 is 0. The van der Waals surface area contributed by atoms with Crippen LogP contribution in [0.4, 0.5) is 10.1 Å². The normalized spacial score (nSPS) is 9.75. The van der Waals surface area contributed by atoms with Crippen molar-refractivity contribution in [3.8, 4) is 0 Å². The number of para-hydroxylation sites is 1. The van der Waals surface area contributed by atoms with Gasteiger partial charge < -0.3 is 0 Å². The van der Waals surface area contributed by atoms with E-state index in [0.29, 0.717) is 12.1 Å². The molecule has 0 saturated carbocycles. The van der Waals surface area contributed by atoms with Gasteiger partial charge in [-0.05, 0) is 29.7 Å². The molecule has 16 heavy (non-hydrogen) atoms. The maximum absolute atomic E-state index is 12.7. The standard InChI is InChI=1S/C14H10FN/c1-16-14-5-3-2-4-12(14)10-11-6-8-13(15)9-7-11/h2-9H,10H2. The molecule has 2 aromatic carbocycles. The summed E-state index contributed by atoms with van der Waals surface area (Å²) in [5.74, 6) is -0.234.